The molecule has 51 nitrogen and oxygen atoms in total. The fraction of sp³-hybridized carbons (Fsp3) is 1.00. The SMILES string of the molecule is COC[C@H]1O[C@H](O[C@H]2[C@H](O)[C@@H](O)[C@@H](O[C@H]3[C@H](O)[C@@H](O)[C@@H](O[C@H]4[C@H](O)[C@@H](O)[C@@H](O[C@H]5[C@H](O[C@H]6O[C@H](CO)[C@@H](O)[C@H](O)[C@H]6O)[C@@H](O)[C@@H](O[C@H]6[C@H](O)[C@@H](O)[C@H](O[C@@H]7[C@@H](O)[C@@H](OC[C@H]8O[C@H](O)[C@H](O)[C@@H](O)[C@@H]8O)O[C@H](CO)[C@H]7O[C@@H]7O[C@H](CO)[C@@H](O)[C@H](O)[C@H]7O)O[C@@H]6CO)O[C@@H]5COC)O[C@@H]4COC)O[C@@H]3COC)O[C@@H]2COC)[C@H](O)[C@@H](O)[C@@H]1O. The summed E-state index contributed by atoms with van der Waals surface area (Å²) in [7, 11) is 5.99. The Bertz CT molecular complexity index is 2880. The third kappa shape index (κ3) is 20.7. The molecule has 0 aromatic heterocycles. The largest absolute Gasteiger partial charge is 0.394 e. The van der Waals surface area contributed by atoms with E-state index in [4.69, 9.17) is 114 Å². The highest BCUT2D eigenvalue weighted by molar-refractivity contribution is 5.04. The fourth-order valence-electron chi connectivity index (χ4n) is 15.1. The van der Waals surface area contributed by atoms with E-state index < -0.39 is 367 Å². The van der Waals surface area contributed by atoms with Crippen molar-refractivity contribution in [3.8, 4) is 0 Å². The van der Waals surface area contributed by atoms with E-state index in [1.165, 1.54) is 21.3 Å². The third-order valence-electron chi connectivity index (χ3n) is 21.6. The average Bonchev–Trinajstić information content (AvgIpc) is 0.761. The Morgan fingerprint density at radius 3 is 0.716 bits per heavy atom. The molecule has 50 atom stereocenters. The molecule has 0 bridgehead atoms. The zero-order valence-corrected chi connectivity index (χ0v) is 62.8. The molecule has 0 radical (unpaired) electrons. The topological polar surface area (TPSA) is 768 Å². The quantitative estimate of drug-likeness (QED) is 0.0290. The highest BCUT2D eigenvalue weighted by Gasteiger charge is 2.62. The number of rotatable bonds is 33. The van der Waals surface area contributed by atoms with Gasteiger partial charge in [-0.15, -0.1) is 0 Å². The number of aliphatic hydroxyl groups excluding tert-OH is 27. The molecule has 0 unspecified atom stereocenters. The van der Waals surface area contributed by atoms with Crippen LogP contribution in [-0.4, -0.2) is 547 Å². The molecule has 10 saturated heterocycles. The summed E-state index contributed by atoms with van der Waals surface area (Å²) < 4.78 is 139. The van der Waals surface area contributed by atoms with E-state index in [0.717, 1.165) is 14.2 Å². The van der Waals surface area contributed by atoms with Crippen LogP contribution in [0.2, 0.25) is 0 Å². The molecule has 10 fully saturated rings. The van der Waals surface area contributed by atoms with E-state index in [1.54, 1.807) is 0 Å². The number of methoxy groups -OCH3 is 5. The lowest BCUT2D eigenvalue weighted by atomic mass is 9.94. The Kier molecular flexibility index (Phi) is 35.5. The smallest absolute Gasteiger partial charge is 0.187 e. The van der Waals surface area contributed by atoms with Crippen LogP contribution in [0.15, 0.2) is 0 Å². The summed E-state index contributed by atoms with van der Waals surface area (Å²) in [6.07, 6.45) is -99.1. The highest BCUT2D eigenvalue weighted by atomic mass is 16.8. The first-order valence-corrected chi connectivity index (χ1v) is 37.1. The number of aliphatic hydroxyl groups is 27. The van der Waals surface area contributed by atoms with Gasteiger partial charge in [0.2, 0.25) is 0 Å². The minimum atomic E-state index is -2.45. The Morgan fingerprint density at radius 2 is 0.379 bits per heavy atom. The van der Waals surface area contributed by atoms with Crippen LogP contribution in [0.3, 0.4) is 0 Å². The summed E-state index contributed by atoms with van der Waals surface area (Å²) in [4.78, 5) is 0. The monoisotopic (exact) mass is 1710 g/mol. The summed E-state index contributed by atoms with van der Waals surface area (Å²) in [6, 6.07) is 0. The number of ether oxygens (including phenoxy) is 24. The fourth-order valence-corrected chi connectivity index (χ4v) is 15.1. The van der Waals surface area contributed by atoms with Crippen LogP contribution in [0.25, 0.3) is 0 Å². The predicted octanol–water partition coefficient (Wildman–Crippen LogP) is -19.5. The minimum Gasteiger partial charge on any atom is -0.394 e. The van der Waals surface area contributed by atoms with Crippen molar-refractivity contribution in [2.45, 2.75) is 307 Å². The second-order valence-electron chi connectivity index (χ2n) is 29.4. The van der Waals surface area contributed by atoms with Crippen molar-refractivity contribution >= 4 is 0 Å². The average molecular weight is 1710 g/mol. The molecular formula is C65H112O51. The van der Waals surface area contributed by atoms with Crippen molar-refractivity contribution in [3.63, 3.8) is 0 Å². The zero-order chi connectivity index (χ0) is 84.9. The van der Waals surface area contributed by atoms with E-state index in [-0.39, 0.29) is 6.61 Å². The normalized spacial score (nSPS) is 51.9. The van der Waals surface area contributed by atoms with Crippen LogP contribution in [0.4, 0.5) is 0 Å². The van der Waals surface area contributed by atoms with Crippen molar-refractivity contribution in [2.24, 2.45) is 0 Å². The molecule has 10 aliphatic heterocycles. The van der Waals surface area contributed by atoms with Gasteiger partial charge in [-0.3, -0.25) is 0 Å². The van der Waals surface area contributed by atoms with E-state index in [1.807, 2.05) is 0 Å². The lowest BCUT2D eigenvalue weighted by molar-refractivity contribution is -0.411. The molecule has 0 spiro atoms. The molecular weight excluding hydrogens is 1600 g/mol. The zero-order valence-electron chi connectivity index (χ0n) is 62.8. The molecule has 678 valence electrons. The van der Waals surface area contributed by atoms with E-state index in [2.05, 4.69) is 0 Å². The first kappa shape index (κ1) is 96.2. The standard InChI is InChI=1S/C65H112O51/c1-93-10-20-28(72)33(77)41(85)60(104-20)110-49-22(11-94-2)105-62(43(87)35(49)79)111-50-23(12-95-3)106-63(44(88)36(50)80)112-51-24(13-96-4)107-64(45(89)37(51)81)114-53-25(14-97-5)108-65(47(91)55(53)116-59-40(84)32(76)27(71)17(7-67)101-59)109-48-18(8-68)103-61(42(86)34(48)78)115-54-46(90)57(98-15-21-29(73)30(74)38(82)56(92)99-21)102-19(9-69)52(54)113-58-39(83)31(75)26(70)16(6-66)100-58/h16-92H,6-15H2,1-5H3/t16-,17-,18-,19-,20-,21-,22-,23-,24-,25-,26-,27-,28-,29-,30+,31+,32+,33+,34-,35-,36-,37-,38-,39-,40-,41-,42-,43-,44-,45-,46-,47-,48-,49-,50-,51-,52-,53-,54-,55-,56+,57+,58+,59-,60-,61+,62-,63-,64-,65-/m1/s1. The van der Waals surface area contributed by atoms with E-state index in [0.29, 0.717) is 0 Å². The van der Waals surface area contributed by atoms with Crippen molar-refractivity contribution in [3.05, 3.63) is 0 Å². The summed E-state index contributed by atoms with van der Waals surface area (Å²) in [5, 5.41) is 300. The Labute approximate surface area is 658 Å². The molecule has 0 aliphatic carbocycles. The van der Waals surface area contributed by atoms with Crippen LogP contribution in [0, 0.1) is 0 Å². The summed E-state index contributed by atoms with van der Waals surface area (Å²) >= 11 is 0. The number of hydrogen-bond donors (Lipinski definition) is 27. The lowest BCUT2D eigenvalue weighted by Crippen LogP contribution is -2.69. The summed E-state index contributed by atoms with van der Waals surface area (Å²) in [5.74, 6) is 0. The maximum Gasteiger partial charge on any atom is 0.187 e. The highest BCUT2D eigenvalue weighted by Crippen LogP contribution is 2.42. The molecule has 0 amide bonds. The molecule has 116 heavy (non-hydrogen) atoms. The van der Waals surface area contributed by atoms with Gasteiger partial charge < -0.3 is 252 Å². The maximum absolute atomic E-state index is 12.6. The second kappa shape index (κ2) is 42.8. The van der Waals surface area contributed by atoms with Crippen molar-refractivity contribution in [1.82, 2.24) is 0 Å². The van der Waals surface area contributed by atoms with Gasteiger partial charge in [-0.1, -0.05) is 0 Å². The number of hydrogen-bond acceptors (Lipinski definition) is 51. The van der Waals surface area contributed by atoms with E-state index >= 15 is 0 Å². The Morgan fingerprint density at radius 1 is 0.172 bits per heavy atom. The molecule has 10 rings (SSSR count). The van der Waals surface area contributed by atoms with Gasteiger partial charge in [0, 0.05) is 35.5 Å². The molecule has 0 aromatic carbocycles. The van der Waals surface area contributed by atoms with Crippen molar-refractivity contribution in [2.75, 3.05) is 102 Å². The van der Waals surface area contributed by atoms with Gasteiger partial charge >= 0.3 is 0 Å². The molecule has 0 aromatic rings. The third-order valence-corrected chi connectivity index (χ3v) is 21.6. The van der Waals surface area contributed by atoms with Crippen LogP contribution in [0.5, 0.6) is 0 Å². The Hall–Kier alpha value is -2.04. The van der Waals surface area contributed by atoms with Crippen LogP contribution >= 0.6 is 0 Å². The minimum absolute atomic E-state index is 0.272. The summed E-state index contributed by atoms with van der Waals surface area (Å²) in [5.41, 5.74) is 0. The molecule has 27 N–H and O–H groups in total. The molecule has 0 saturated carbocycles. The van der Waals surface area contributed by atoms with Crippen LogP contribution < -0.4 is 0 Å². The first-order chi connectivity index (χ1) is 55.2. The maximum atomic E-state index is 12.6. The first-order valence-electron chi connectivity index (χ1n) is 37.1. The van der Waals surface area contributed by atoms with Gasteiger partial charge in [-0.05, 0) is 0 Å². The van der Waals surface area contributed by atoms with Gasteiger partial charge in [-0.25, -0.2) is 0 Å². The van der Waals surface area contributed by atoms with Crippen LogP contribution in [0.1, 0.15) is 0 Å². The van der Waals surface area contributed by atoms with Gasteiger partial charge in [0.1, 0.15) is 244 Å². The predicted molar refractivity (Wildman–Crippen MR) is 354 cm³/mol. The summed E-state index contributed by atoms with van der Waals surface area (Å²) in [6.45, 7) is -7.65. The van der Waals surface area contributed by atoms with Crippen molar-refractivity contribution in [1.29, 1.82) is 0 Å². The van der Waals surface area contributed by atoms with Gasteiger partial charge in [0.15, 0.2) is 62.9 Å². The van der Waals surface area contributed by atoms with Gasteiger partial charge in [0.25, 0.3) is 0 Å². The van der Waals surface area contributed by atoms with Crippen molar-refractivity contribution < 1.29 is 252 Å². The molecule has 10 heterocycles. The molecule has 51 heteroatoms. The van der Waals surface area contributed by atoms with Gasteiger partial charge in [-0.2, -0.15) is 0 Å². The van der Waals surface area contributed by atoms with Crippen LogP contribution in [-0.2, 0) is 114 Å². The second-order valence-corrected chi connectivity index (χ2v) is 29.4. The van der Waals surface area contributed by atoms with E-state index in [9.17, 15) is 138 Å². The Balaban J connectivity index is 0.859. The lowest BCUT2D eigenvalue weighted by Gasteiger charge is -2.51. The molecule has 10 aliphatic rings. The van der Waals surface area contributed by atoms with Gasteiger partial charge in [0.05, 0.1) is 66.1 Å².